The van der Waals surface area contributed by atoms with Crippen LogP contribution in [0.1, 0.15) is 40.0 Å². The van der Waals surface area contributed by atoms with E-state index in [9.17, 15) is 9.59 Å². The van der Waals surface area contributed by atoms with E-state index in [1.54, 1.807) is 31.4 Å². The molecule has 2 amide bonds. The van der Waals surface area contributed by atoms with Crippen LogP contribution in [0.15, 0.2) is 24.3 Å². The van der Waals surface area contributed by atoms with Gasteiger partial charge in [-0.15, -0.1) is 0 Å². The maximum absolute atomic E-state index is 12.5. The summed E-state index contributed by atoms with van der Waals surface area (Å²) in [6.07, 6.45) is 2.81. The van der Waals surface area contributed by atoms with Crippen molar-refractivity contribution in [2.24, 2.45) is 0 Å². The van der Waals surface area contributed by atoms with Gasteiger partial charge in [-0.25, -0.2) is 0 Å². The van der Waals surface area contributed by atoms with Crippen molar-refractivity contribution in [2.45, 2.75) is 51.6 Å². The van der Waals surface area contributed by atoms with Gasteiger partial charge in [0.05, 0.1) is 19.7 Å². The Kier molecular flexibility index (Phi) is 6.42. The van der Waals surface area contributed by atoms with Gasteiger partial charge in [-0.3, -0.25) is 14.5 Å². The van der Waals surface area contributed by atoms with Crippen molar-refractivity contribution in [3.8, 4) is 5.75 Å². The number of benzene rings is 1. The zero-order valence-electron chi connectivity index (χ0n) is 15.6. The number of nitrogens with one attached hydrogen (secondary N) is 2. The van der Waals surface area contributed by atoms with Crippen LogP contribution >= 0.6 is 0 Å². The molecule has 1 fully saturated rings. The van der Waals surface area contributed by atoms with Gasteiger partial charge in [0.15, 0.2) is 0 Å². The molecule has 0 saturated carbocycles. The molecule has 0 aromatic heterocycles. The van der Waals surface area contributed by atoms with Crippen molar-refractivity contribution in [3.05, 3.63) is 24.3 Å². The van der Waals surface area contributed by atoms with Gasteiger partial charge in [0.2, 0.25) is 11.8 Å². The third-order valence-electron chi connectivity index (χ3n) is 4.13. The molecule has 1 aromatic rings. The molecule has 138 valence electrons. The molecule has 2 N–H and O–H groups in total. The molecular formula is C19H29N3O3. The summed E-state index contributed by atoms with van der Waals surface area (Å²) in [4.78, 5) is 26.9. The highest BCUT2D eigenvalue weighted by atomic mass is 16.5. The molecule has 0 spiro atoms. The highest BCUT2D eigenvalue weighted by molar-refractivity contribution is 5.93. The summed E-state index contributed by atoms with van der Waals surface area (Å²) in [5, 5.41) is 5.91. The summed E-state index contributed by atoms with van der Waals surface area (Å²) in [6.45, 7) is 6.88. The number of anilines is 1. The second kappa shape index (κ2) is 8.34. The second-order valence-corrected chi connectivity index (χ2v) is 7.50. The van der Waals surface area contributed by atoms with E-state index in [2.05, 4.69) is 10.6 Å². The number of methoxy groups -OCH3 is 1. The van der Waals surface area contributed by atoms with Crippen LogP contribution in [-0.2, 0) is 9.59 Å². The minimum Gasteiger partial charge on any atom is -0.497 e. The molecule has 6 heteroatoms. The Morgan fingerprint density at radius 1 is 1.20 bits per heavy atom. The van der Waals surface area contributed by atoms with E-state index in [4.69, 9.17) is 4.74 Å². The van der Waals surface area contributed by atoms with Crippen molar-refractivity contribution < 1.29 is 14.3 Å². The van der Waals surface area contributed by atoms with Crippen molar-refractivity contribution in [1.29, 1.82) is 0 Å². The summed E-state index contributed by atoms with van der Waals surface area (Å²) < 4.78 is 5.11. The van der Waals surface area contributed by atoms with E-state index < -0.39 is 0 Å². The number of nitrogens with zero attached hydrogens (tertiary/aromatic N) is 1. The Hall–Kier alpha value is -2.08. The van der Waals surface area contributed by atoms with E-state index in [1.807, 2.05) is 25.7 Å². The Morgan fingerprint density at radius 3 is 2.48 bits per heavy atom. The van der Waals surface area contributed by atoms with Gasteiger partial charge < -0.3 is 15.4 Å². The normalized spacial score (nSPS) is 18.5. The number of rotatable bonds is 5. The highest BCUT2D eigenvalue weighted by Gasteiger charge is 2.31. The van der Waals surface area contributed by atoms with Crippen molar-refractivity contribution in [2.75, 3.05) is 25.5 Å². The SMILES string of the molecule is COc1ccc(NC(=O)CN2CCCC[C@H]2C(=O)NC(C)(C)C)cc1. The average molecular weight is 347 g/mol. The Labute approximate surface area is 149 Å². The molecule has 0 bridgehead atoms. The van der Waals surface area contributed by atoms with Crippen LogP contribution in [0.25, 0.3) is 0 Å². The number of hydrogen-bond acceptors (Lipinski definition) is 4. The monoisotopic (exact) mass is 347 g/mol. The zero-order chi connectivity index (χ0) is 18.4. The molecule has 1 aromatic carbocycles. The molecule has 6 nitrogen and oxygen atoms in total. The first-order valence-electron chi connectivity index (χ1n) is 8.78. The van der Waals surface area contributed by atoms with Gasteiger partial charge in [-0.2, -0.15) is 0 Å². The lowest BCUT2D eigenvalue weighted by Gasteiger charge is -2.35. The van der Waals surface area contributed by atoms with E-state index >= 15 is 0 Å². The first-order chi connectivity index (χ1) is 11.8. The maximum Gasteiger partial charge on any atom is 0.238 e. The molecule has 1 heterocycles. The van der Waals surface area contributed by atoms with Gasteiger partial charge in [-0.05, 0) is 64.4 Å². The fraction of sp³-hybridized carbons (Fsp3) is 0.579. The quantitative estimate of drug-likeness (QED) is 0.858. The number of carbonyl (C=O) groups excluding carboxylic acids is 2. The lowest BCUT2D eigenvalue weighted by Crippen LogP contribution is -2.55. The fourth-order valence-electron chi connectivity index (χ4n) is 2.99. The third kappa shape index (κ3) is 6.05. The number of likely N-dealkylation sites (tertiary alicyclic amines) is 1. The van der Waals surface area contributed by atoms with Crippen LogP contribution in [0.3, 0.4) is 0 Å². The lowest BCUT2D eigenvalue weighted by molar-refractivity contribution is -0.130. The molecule has 0 unspecified atom stereocenters. The molecule has 1 aliphatic rings. The van der Waals surface area contributed by atoms with E-state index in [0.717, 1.165) is 37.2 Å². The summed E-state index contributed by atoms with van der Waals surface area (Å²) in [5.74, 6) is 0.637. The van der Waals surface area contributed by atoms with Crippen molar-refractivity contribution in [1.82, 2.24) is 10.2 Å². The standard InChI is InChI=1S/C19H29N3O3/c1-19(2,3)21-18(24)16-7-5-6-12-22(16)13-17(23)20-14-8-10-15(25-4)11-9-14/h8-11,16H,5-7,12-13H2,1-4H3,(H,20,23)(H,21,24)/t16-/m0/s1. The molecule has 2 rings (SSSR count). The Balaban J connectivity index is 1.95. The third-order valence-corrected chi connectivity index (χ3v) is 4.13. The number of piperidine rings is 1. The Bertz CT molecular complexity index is 593. The molecular weight excluding hydrogens is 318 g/mol. The predicted octanol–water partition coefficient (Wildman–Crippen LogP) is 2.40. The van der Waals surface area contributed by atoms with Crippen LogP contribution < -0.4 is 15.4 Å². The van der Waals surface area contributed by atoms with Gasteiger partial charge in [0.1, 0.15) is 5.75 Å². The summed E-state index contributed by atoms with van der Waals surface area (Å²) in [5.41, 5.74) is 0.449. The van der Waals surface area contributed by atoms with E-state index in [0.29, 0.717) is 0 Å². The fourth-order valence-corrected chi connectivity index (χ4v) is 2.99. The maximum atomic E-state index is 12.5. The number of ether oxygens (including phenoxy) is 1. The largest absolute Gasteiger partial charge is 0.497 e. The number of carbonyl (C=O) groups is 2. The average Bonchev–Trinajstić information content (AvgIpc) is 2.54. The highest BCUT2D eigenvalue weighted by Crippen LogP contribution is 2.19. The van der Waals surface area contributed by atoms with E-state index in [-0.39, 0.29) is 29.9 Å². The van der Waals surface area contributed by atoms with Gasteiger partial charge in [0, 0.05) is 11.2 Å². The lowest BCUT2D eigenvalue weighted by atomic mass is 9.99. The van der Waals surface area contributed by atoms with Gasteiger partial charge in [-0.1, -0.05) is 6.42 Å². The first-order valence-corrected chi connectivity index (χ1v) is 8.78. The predicted molar refractivity (Wildman–Crippen MR) is 98.7 cm³/mol. The van der Waals surface area contributed by atoms with Gasteiger partial charge >= 0.3 is 0 Å². The van der Waals surface area contributed by atoms with Gasteiger partial charge in [0.25, 0.3) is 0 Å². The van der Waals surface area contributed by atoms with Crippen LogP contribution in [0.4, 0.5) is 5.69 Å². The minimum absolute atomic E-state index is 0.00412. The van der Waals surface area contributed by atoms with Crippen molar-refractivity contribution >= 4 is 17.5 Å². The smallest absolute Gasteiger partial charge is 0.238 e. The Morgan fingerprint density at radius 2 is 1.88 bits per heavy atom. The number of hydrogen-bond donors (Lipinski definition) is 2. The molecule has 1 aliphatic heterocycles. The van der Waals surface area contributed by atoms with Crippen LogP contribution in [0, 0.1) is 0 Å². The molecule has 1 saturated heterocycles. The van der Waals surface area contributed by atoms with E-state index in [1.165, 1.54) is 0 Å². The van der Waals surface area contributed by atoms with Crippen molar-refractivity contribution in [3.63, 3.8) is 0 Å². The van der Waals surface area contributed by atoms with Crippen LogP contribution in [0.5, 0.6) is 5.75 Å². The zero-order valence-corrected chi connectivity index (χ0v) is 15.6. The first kappa shape index (κ1) is 19.2. The van der Waals surface area contributed by atoms with Crippen LogP contribution in [0.2, 0.25) is 0 Å². The number of amides is 2. The summed E-state index contributed by atoms with van der Waals surface area (Å²) in [7, 11) is 1.60. The molecule has 25 heavy (non-hydrogen) atoms. The minimum atomic E-state index is -0.272. The molecule has 1 atom stereocenters. The molecule has 0 radical (unpaired) electrons. The van der Waals surface area contributed by atoms with Crippen LogP contribution in [-0.4, -0.2) is 48.5 Å². The second-order valence-electron chi connectivity index (χ2n) is 7.50. The molecule has 0 aliphatic carbocycles. The summed E-state index contributed by atoms with van der Waals surface area (Å²) >= 11 is 0. The summed E-state index contributed by atoms with van der Waals surface area (Å²) in [6, 6.07) is 6.97. The topological polar surface area (TPSA) is 70.7 Å².